The molecule has 0 saturated carbocycles. The van der Waals surface area contributed by atoms with Gasteiger partial charge in [0.25, 0.3) is 0 Å². The van der Waals surface area contributed by atoms with Gasteiger partial charge in [-0.25, -0.2) is 4.68 Å². The summed E-state index contributed by atoms with van der Waals surface area (Å²) >= 11 is 2.26. The normalized spacial score (nSPS) is 12.6. The Labute approximate surface area is 136 Å². The fraction of sp³-hybridized carbons (Fsp3) is 0.429. The third kappa shape index (κ3) is 3.39. The number of hydrogen-bond acceptors (Lipinski definition) is 4. The molecule has 0 spiro atoms. The third-order valence-electron chi connectivity index (χ3n) is 3.39. The van der Waals surface area contributed by atoms with Gasteiger partial charge < -0.3 is 5.11 Å². The highest BCUT2D eigenvalue weighted by atomic mass is 127. The molecule has 0 bridgehead atoms. The molecule has 0 aliphatic heterocycles. The van der Waals surface area contributed by atoms with Gasteiger partial charge in [-0.3, -0.25) is 4.79 Å². The van der Waals surface area contributed by atoms with E-state index in [1.165, 1.54) is 0 Å². The smallest absolute Gasteiger partial charge is 0.305 e. The maximum absolute atomic E-state index is 11.1. The molecule has 21 heavy (non-hydrogen) atoms. The second-order valence-electron chi connectivity index (χ2n) is 5.29. The Bertz CT molecular complexity index is 654. The quantitative estimate of drug-likeness (QED) is 0.781. The minimum absolute atomic E-state index is 0.00188. The highest BCUT2D eigenvalue weighted by Gasteiger charge is 2.25. The van der Waals surface area contributed by atoms with Crippen LogP contribution in [0.2, 0.25) is 0 Å². The van der Waals surface area contributed by atoms with E-state index in [9.17, 15) is 4.79 Å². The zero-order chi connectivity index (χ0) is 15.6. The molecule has 1 N–H and O–H groups in total. The molecule has 1 unspecified atom stereocenters. The third-order valence-corrected chi connectivity index (χ3v) is 4.82. The molecule has 0 radical (unpaired) electrons. The summed E-state index contributed by atoms with van der Waals surface area (Å²) in [7, 11) is 0. The Balaban J connectivity index is 2.51. The highest BCUT2D eigenvalue weighted by Crippen LogP contribution is 2.30. The molecule has 0 aliphatic carbocycles. The van der Waals surface area contributed by atoms with Gasteiger partial charge in [-0.1, -0.05) is 32.0 Å². The van der Waals surface area contributed by atoms with Crippen molar-refractivity contribution in [2.45, 2.75) is 33.2 Å². The Morgan fingerprint density at radius 2 is 2.14 bits per heavy atom. The van der Waals surface area contributed by atoms with Crippen LogP contribution in [0.15, 0.2) is 18.2 Å². The van der Waals surface area contributed by atoms with E-state index in [0.717, 1.165) is 14.7 Å². The number of benzene rings is 1. The van der Waals surface area contributed by atoms with Crippen molar-refractivity contribution in [1.82, 2.24) is 20.2 Å². The first-order chi connectivity index (χ1) is 9.91. The van der Waals surface area contributed by atoms with Gasteiger partial charge in [0, 0.05) is 9.13 Å². The lowest BCUT2D eigenvalue weighted by atomic mass is 10.0. The van der Waals surface area contributed by atoms with Crippen LogP contribution in [0.5, 0.6) is 0 Å². The Morgan fingerprint density at radius 1 is 1.43 bits per heavy atom. The predicted octanol–water partition coefficient (Wildman–Crippen LogP) is 2.92. The summed E-state index contributed by atoms with van der Waals surface area (Å²) in [5.74, 6) is -0.122. The van der Waals surface area contributed by atoms with Crippen LogP contribution in [0.25, 0.3) is 11.4 Å². The zero-order valence-electron chi connectivity index (χ0n) is 12.1. The van der Waals surface area contributed by atoms with E-state index in [0.29, 0.717) is 5.82 Å². The van der Waals surface area contributed by atoms with Crippen molar-refractivity contribution in [3.05, 3.63) is 27.3 Å². The molecule has 112 valence electrons. The monoisotopic (exact) mass is 400 g/mol. The number of aromatic nitrogens is 4. The minimum Gasteiger partial charge on any atom is -0.481 e. The summed E-state index contributed by atoms with van der Waals surface area (Å²) in [5, 5.41) is 21.0. The molecule has 1 atom stereocenters. The number of carbonyl (C=O) groups is 1. The van der Waals surface area contributed by atoms with Crippen molar-refractivity contribution >= 4 is 28.6 Å². The van der Waals surface area contributed by atoms with Crippen molar-refractivity contribution in [3.8, 4) is 11.4 Å². The summed E-state index contributed by atoms with van der Waals surface area (Å²) in [4.78, 5) is 11.1. The maximum Gasteiger partial charge on any atom is 0.305 e. The van der Waals surface area contributed by atoms with Gasteiger partial charge in [0.2, 0.25) is 0 Å². The fourth-order valence-corrected chi connectivity index (χ4v) is 2.80. The lowest BCUT2D eigenvalue weighted by Gasteiger charge is -2.20. The van der Waals surface area contributed by atoms with E-state index in [1.807, 2.05) is 39.0 Å². The van der Waals surface area contributed by atoms with E-state index in [4.69, 9.17) is 5.11 Å². The Hall–Kier alpha value is -1.51. The van der Waals surface area contributed by atoms with Gasteiger partial charge in [0.05, 0.1) is 12.5 Å². The first-order valence-electron chi connectivity index (χ1n) is 6.67. The number of halogens is 1. The number of aryl methyl sites for hydroxylation is 1. The van der Waals surface area contributed by atoms with Gasteiger partial charge in [0.15, 0.2) is 5.82 Å². The topological polar surface area (TPSA) is 80.9 Å². The molecule has 0 saturated heterocycles. The van der Waals surface area contributed by atoms with Gasteiger partial charge in [-0.2, -0.15) is 0 Å². The number of rotatable bonds is 5. The van der Waals surface area contributed by atoms with Crippen LogP contribution in [0, 0.1) is 16.4 Å². The van der Waals surface area contributed by atoms with Crippen LogP contribution >= 0.6 is 22.6 Å². The van der Waals surface area contributed by atoms with Crippen molar-refractivity contribution in [2.75, 3.05) is 0 Å². The fourth-order valence-electron chi connectivity index (χ4n) is 2.20. The maximum atomic E-state index is 11.1. The number of hydrogen-bond donors (Lipinski definition) is 1. The summed E-state index contributed by atoms with van der Waals surface area (Å²) < 4.78 is 2.71. The summed E-state index contributed by atoms with van der Waals surface area (Å²) in [6.45, 7) is 5.97. The van der Waals surface area contributed by atoms with Crippen molar-refractivity contribution in [3.63, 3.8) is 0 Å². The lowest BCUT2D eigenvalue weighted by Crippen LogP contribution is -2.21. The van der Waals surface area contributed by atoms with Crippen LogP contribution in [-0.2, 0) is 4.79 Å². The van der Waals surface area contributed by atoms with Crippen molar-refractivity contribution < 1.29 is 9.90 Å². The average Bonchev–Trinajstić information content (AvgIpc) is 2.87. The van der Waals surface area contributed by atoms with E-state index < -0.39 is 5.97 Å². The molecule has 0 amide bonds. The largest absolute Gasteiger partial charge is 0.481 e. The molecular weight excluding hydrogens is 383 g/mol. The van der Waals surface area contributed by atoms with Crippen LogP contribution in [0.1, 0.15) is 31.9 Å². The van der Waals surface area contributed by atoms with Gasteiger partial charge in [0.1, 0.15) is 0 Å². The first-order valence-corrected chi connectivity index (χ1v) is 7.74. The summed E-state index contributed by atoms with van der Waals surface area (Å²) in [5.41, 5.74) is 2.07. The van der Waals surface area contributed by atoms with Gasteiger partial charge in [-0.15, -0.1) is 5.10 Å². The average molecular weight is 400 g/mol. The first kappa shape index (κ1) is 15.9. The van der Waals surface area contributed by atoms with Gasteiger partial charge in [-0.05, 0) is 51.4 Å². The van der Waals surface area contributed by atoms with E-state index in [2.05, 4.69) is 38.1 Å². The molecule has 0 fully saturated rings. The molecule has 1 aromatic heterocycles. The van der Waals surface area contributed by atoms with Crippen LogP contribution < -0.4 is 0 Å². The Kier molecular flexibility index (Phi) is 4.92. The second-order valence-corrected chi connectivity index (χ2v) is 6.37. The molecule has 1 aromatic carbocycles. The van der Waals surface area contributed by atoms with Gasteiger partial charge >= 0.3 is 5.97 Å². The summed E-state index contributed by atoms with van der Waals surface area (Å²) in [6, 6.07) is 5.66. The van der Waals surface area contributed by atoms with Crippen molar-refractivity contribution in [1.29, 1.82) is 0 Å². The molecule has 6 nitrogen and oxygen atoms in total. The standard InChI is InChI=1S/C14H17IN4O2/c1-8(2)11(7-12(20)21)19-14(16-17-18-19)10-6-4-5-9(3)13(10)15/h4-6,8,11H,7H2,1-3H3,(H,20,21). The number of aliphatic carboxylic acids is 1. The second kappa shape index (κ2) is 6.50. The molecule has 0 aliphatic rings. The molecule has 2 rings (SSSR count). The molecule has 7 heteroatoms. The number of carboxylic acid groups (broad SMARTS) is 1. The molecule has 1 heterocycles. The Morgan fingerprint density at radius 3 is 2.76 bits per heavy atom. The molecule has 2 aromatic rings. The predicted molar refractivity (Wildman–Crippen MR) is 86.8 cm³/mol. The van der Waals surface area contributed by atoms with E-state index in [-0.39, 0.29) is 18.4 Å². The van der Waals surface area contributed by atoms with Crippen LogP contribution in [-0.4, -0.2) is 31.3 Å². The lowest BCUT2D eigenvalue weighted by molar-refractivity contribution is -0.138. The zero-order valence-corrected chi connectivity index (χ0v) is 14.3. The SMILES string of the molecule is Cc1cccc(-c2nnnn2C(CC(=O)O)C(C)C)c1I. The highest BCUT2D eigenvalue weighted by molar-refractivity contribution is 14.1. The minimum atomic E-state index is -0.853. The molecular formula is C14H17IN4O2. The van der Waals surface area contributed by atoms with Crippen molar-refractivity contribution in [2.24, 2.45) is 5.92 Å². The van der Waals surface area contributed by atoms with E-state index >= 15 is 0 Å². The number of carboxylic acids is 1. The number of nitrogens with zero attached hydrogens (tertiary/aromatic N) is 4. The van der Waals surface area contributed by atoms with Crippen LogP contribution in [0.3, 0.4) is 0 Å². The van der Waals surface area contributed by atoms with Crippen LogP contribution in [0.4, 0.5) is 0 Å². The number of tetrazole rings is 1. The summed E-state index contributed by atoms with van der Waals surface area (Å²) in [6.07, 6.45) is -0.00188. The van der Waals surface area contributed by atoms with E-state index in [1.54, 1.807) is 4.68 Å².